The van der Waals surface area contributed by atoms with Crippen LogP contribution in [-0.4, -0.2) is 20.5 Å². The molecule has 1 aromatic carbocycles. The molecule has 2 aromatic rings. The molecule has 2 rings (SSSR count). The molecule has 0 bridgehead atoms. The van der Waals surface area contributed by atoms with Crippen LogP contribution in [0.15, 0.2) is 35.1 Å². The Hall–Kier alpha value is -1.49. The van der Waals surface area contributed by atoms with Gasteiger partial charge >= 0.3 is 0 Å². The van der Waals surface area contributed by atoms with E-state index in [1.54, 1.807) is 0 Å². The number of nitrogens with zero attached hydrogens (tertiary/aromatic N) is 3. The number of Topliss-reactive ketones (excluding diaryl/α,β-unsaturated/α-hetero) is 1. The average molecular weight is 266 g/mol. The smallest absolute Gasteiger partial charge is 0.199 e. The third-order valence-electron chi connectivity index (χ3n) is 1.93. The van der Waals surface area contributed by atoms with E-state index in [1.807, 2.05) is 24.3 Å². The van der Waals surface area contributed by atoms with Gasteiger partial charge in [0.15, 0.2) is 11.6 Å². The number of halogens is 1. The van der Waals surface area contributed by atoms with Crippen molar-refractivity contribution in [1.29, 1.82) is 0 Å². The summed E-state index contributed by atoms with van der Waals surface area (Å²) < 4.78 is 2.50. The molecule has 0 saturated carbocycles. The first-order chi connectivity index (χ1) is 7.18. The zero-order valence-corrected chi connectivity index (χ0v) is 9.60. The first kappa shape index (κ1) is 10.0. The van der Waals surface area contributed by atoms with Crippen molar-refractivity contribution in [3.63, 3.8) is 0 Å². The third-order valence-corrected chi connectivity index (χ3v) is 2.46. The average Bonchev–Trinajstić information content (AvgIpc) is 2.67. The molecule has 0 aliphatic rings. The van der Waals surface area contributed by atoms with E-state index in [0.29, 0.717) is 5.82 Å². The zero-order chi connectivity index (χ0) is 10.8. The Morgan fingerprint density at radius 2 is 2.00 bits per heavy atom. The quantitative estimate of drug-likeness (QED) is 0.783. The third kappa shape index (κ3) is 1.97. The maximum atomic E-state index is 11.2. The molecule has 0 radical (unpaired) electrons. The van der Waals surface area contributed by atoms with Crippen molar-refractivity contribution in [2.24, 2.45) is 0 Å². The standard InChI is InChI=1S/C10H8BrN3O/c1-7(15)10-12-6-13-14(10)9-4-2-8(11)3-5-9/h2-6H,1H3. The summed E-state index contributed by atoms with van der Waals surface area (Å²) in [5.74, 6) is 0.243. The number of carbonyl (C=O) groups is 1. The molecule has 0 amide bonds. The lowest BCUT2D eigenvalue weighted by Crippen LogP contribution is -2.06. The lowest BCUT2D eigenvalue weighted by molar-refractivity contribution is 0.100. The van der Waals surface area contributed by atoms with E-state index in [-0.39, 0.29) is 5.78 Å². The summed E-state index contributed by atoms with van der Waals surface area (Å²) in [4.78, 5) is 15.1. The first-order valence-corrected chi connectivity index (χ1v) is 5.14. The molecule has 0 atom stereocenters. The summed E-state index contributed by atoms with van der Waals surface area (Å²) in [5, 5.41) is 4.01. The predicted octanol–water partition coefficient (Wildman–Crippen LogP) is 2.23. The number of hydrogen-bond acceptors (Lipinski definition) is 3. The number of rotatable bonds is 2. The van der Waals surface area contributed by atoms with E-state index >= 15 is 0 Å². The van der Waals surface area contributed by atoms with Gasteiger partial charge in [-0.1, -0.05) is 15.9 Å². The number of aromatic nitrogens is 3. The normalized spacial score (nSPS) is 10.3. The second-order valence-corrected chi connectivity index (χ2v) is 3.94. The van der Waals surface area contributed by atoms with Crippen molar-refractivity contribution in [2.75, 3.05) is 0 Å². The van der Waals surface area contributed by atoms with Gasteiger partial charge in [0, 0.05) is 11.4 Å². The number of benzene rings is 1. The molecule has 0 spiro atoms. The molecular formula is C10H8BrN3O. The van der Waals surface area contributed by atoms with Crippen LogP contribution in [0.5, 0.6) is 0 Å². The molecule has 0 saturated heterocycles. The van der Waals surface area contributed by atoms with Gasteiger partial charge in [0.1, 0.15) is 6.33 Å². The Kier molecular flexibility index (Phi) is 2.64. The minimum atomic E-state index is -0.101. The van der Waals surface area contributed by atoms with E-state index < -0.39 is 0 Å². The van der Waals surface area contributed by atoms with Crippen molar-refractivity contribution in [1.82, 2.24) is 14.8 Å². The van der Waals surface area contributed by atoms with Crippen LogP contribution in [0.25, 0.3) is 5.69 Å². The minimum Gasteiger partial charge on any atom is -0.291 e. The Bertz CT molecular complexity index is 490. The van der Waals surface area contributed by atoms with Gasteiger partial charge in [0.2, 0.25) is 0 Å². The fourth-order valence-electron chi connectivity index (χ4n) is 1.25. The van der Waals surface area contributed by atoms with Gasteiger partial charge in [0.05, 0.1) is 5.69 Å². The van der Waals surface area contributed by atoms with E-state index in [1.165, 1.54) is 17.9 Å². The highest BCUT2D eigenvalue weighted by molar-refractivity contribution is 9.10. The SMILES string of the molecule is CC(=O)c1ncnn1-c1ccc(Br)cc1. The monoisotopic (exact) mass is 265 g/mol. The van der Waals surface area contributed by atoms with Crippen molar-refractivity contribution >= 4 is 21.7 Å². The molecule has 0 unspecified atom stereocenters. The van der Waals surface area contributed by atoms with Crippen LogP contribution in [0.2, 0.25) is 0 Å². The summed E-state index contributed by atoms with van der Waals surface area (Å²) in [7, 11) is 0. The highest BCUT2D eigenvalue weighted by Crippen LogP contribution is 2.14. The van der Waals surface area contributed by atoms with Crippen LogP contribution in [0.1, 0.15) is 17.5 Å². The van der Waals surface area contributed by atoms with Gasteiger partial charge < -0.3 is 0 Å². The van der Waals surface area contributed by atoms with E-state index in [9.17, 15) is 4.79 Å². The fraction of sp³-hybridized carbons (Fsp3) is 0.100. The van der Waals surface area contributed by atoms with Crippen LogP contribution in [0.3, 0.4) is 0 Å². The largest absolute Gasteiger partial charge is 0.291 e. The van der Waals surface area contributed by atoms with Gasteiger partial charge in [-0.25, -0.2) is 9.67 Å². The summed E-state index contributed by atoms with van der Waals surface area (Å²) in [6.07, 6.45) is 1.37. The van der Waals surface area contributed by atoms with Gasteiger partial charge in [-0.3, -0.25) is 4.79 Å². The molecule has 1 heterocycles. The van der Waals surface area contributed by atoms with Crippen molar-refractivity contribution < 1.29 is 4.79 Å². The van der Waals surface area contributed by atoms with Crippen LogP contribution in [-0.2, 0) is 0 Å². The lowest BCUT2D eigenvalue weighted by Gasteiger charge is -2.03. The highest BCUT2D eigenvalue weighted by Gasteiger charge is 2.10. The second kappa shape index (κ2) is 3.94. The van der Waals surface area contributed by atoms with Crippen LogP contribution in [0.4, 0.5) is 0 Å². The molecule has 0 fully saturated rings. The molecule has 15 heavy (non-hydrogen) atoms. The maximum Gasteiger partial charge on any atom is 0.199 e. The molecule has 1 aromatic heterocycles. The van der Waals surface area contributed by atoms with E-state index in [4.69, 9.17) is 0 Å². The van der Waals surface area contributed by atoms with Crippen LogP contribution in [0, 0.1) is 0 Å². The summed E-state index contributed by atoms with van der Waals surface area (Å²) in [5.41, 5.74) is 0.820. The van der Waals surface area contributed by atoms with E-state index in [2.05, 4.69) is 26.0 Å². The van der Waals surface area contributed by atoms with Crippen molar-refractivity contribution in [2.45, 2.75) is 6.92 Å². The molecule has 0 aliphatic heterocycles. The fourth-order valence-corrected chi connectivity index (χ4v) is 1.52. The zero-order valence-electron chi connectivity index (χ0n) is 8.01. The molecule has 5 heteroatoms. The van der Waals surface area contributed by atoms with Gasteiger partial charge in [-0.15, -0.1) is 0 Å². The highest BCUT2D eigenvalue weighted by atomic mass is 79.9. The first-order valence-electron chi connectivity index (χ1n) is 4.35. The molecule has 0 N–H and O–H groups in total. The number of carbonyl (C=O) groups excluding carboxylic acids is 1. The van der Waals surface area contributed by atoms with Crippen LogP contribution < -0.4 is 0 Å². The molecule has 76 valence electrons. The molecule has 0 aliphatic carbocycles. The Labute approximate surface area is 95.1 Å². The summed E-state index contributed by atoms with van der Waals surface area (Å²) in [6.45, 7) is 1.47. The molecular weight excluding hydrogens is 258 g/mol. The van der Waals surface area contributed by atoms with Crippen molar-refractivity contribution in [3.8, 4) is 5.69 Å². The topological polar surface area (TPSA) is 47.8 Å². The van der Waals surface area contributed by atoms with Gasteiger partial charge in [0.25, 0.3) is 0 Å². The Morgan fingerprint density at radius 3 is 2.60 bits per heavy atom. The van der Waals surface area contributed by atoms with E-state index in [0.717, 1.165) is 10.2 Å². The second-order valence-electron chi connectivity index (χ2n) is 3.03. The number of hydrogen-bond donors (Lipinski definition) is 0. The minimum absolute atomic E-state index is 0.101. The summed E-state index contributed by atoms with van der Waals surface area (Å²) >= 11 is 3.34. The maximum absolute atomic E-state index is 11.2. The van der Waals surface area contributed by atoms with Crippen LogP contribution >= 0.6 is 15.9 Å². The van der Waals surface area contributed by atoms with Crippen molar-refractivity contribution in [3.05, 3.63) is 40.9 Å². The summed E-state index contributed by atoms with van der Waals surface area (Å²) in [6, 6.07) is 7.51. The lowest BCUT2D eigenvalue weighted by atomic mass is 10.3. The Morgan fingerprint density at radius 1 is 1.33 bits per heavy atom. The molecule has 4 nitrogen and oxygen atoms in total. The van der Waals surface area contributed by atoms with Gasteiger partial charge in [-0.05, 0) is 24.3 Å². The Balaban J connectivity index is 2.49. The number of ketones is 1. The van der Waals surface area contributed by atoms with Gasteiger partial charge in [-0.2, -0.15) is 5.10 Å². The predicted molar refractivity (Wildman–Crippen MR) is 59.1 cm³/mol.